The van der Waals surface area contributed by atoms with Gasteiger partial charge in [0.05, 0.1) is 5.56 Å². The average Bonchev–Trinajstić information content (AvgIpc) is 3.28. The van der Waals surface area contributed by atoms with E-state index in [1.165, 1.54) is 17.6 Å². The average molecular weight is 471 g/mol. The molecule has 3 heterocycles. The molecule has 2 aliphatic heterocycles. The molecule has 5 nitrogen and oxygen atoms in total. The first-order valence-electron chi connectivity index (χ1n) is 11.9. The van der Waals surface area contributed by atoms with Crippen LogP contribution in [0.25, 0.3) is 10.9 Å². The Labute approximate surface area is 197 Å². The van der Waals surface area contributed by atoms with Crippen molar-refractivity contribution in [2.45, 2.75) is 31.6 Å². The molecular weight excluding hydrogens is 441 g/mol. The van der Waals surface area contributed by atoms with Crippen molar-refractivity contribution in [1.29, 1.82) is 0 Å². The van der Waals surface area contributed by atoms with Gasteiger partial charge in [-0.15, -0.1) is 0 Å². The van der Waals surface area contributed by atoms with Crippen LogP contribution >= 0.6 is 0 Å². The third kappa shape index (κ3) is 4.83. The molecule has 0 saturated carbocycles. The van der Waals surface area contributed by atoms with E-state index in [9.17, 15) is 18.0 Å². The van der Waals surface area contributed by atoms with Crippen molar-refractivity contribution in [3.8, 4) is 0 Å². The van der Waals surface area contributed by atoms with Crippen LogP contribution in [-0.4, -0.2) is 59.5 Å². The third-order valence-corrected chi connectivity index (χ3v) is 7.02. The number of halogens is 3. The molecule has 2 aromatic carbocycles. The number of benzene rings is 2. The number of carbonyl (C=O) groups excluding carboxylic acids is 1. The third-order valence-electron chi connectivity index (χ3n) is 7.02. The van der Waals surface area contributed by atoms with Crippen LogP contribution < -0.4 is 5.32 Å². The van der Waals surface area contributed by atoms with E-state index in [2.05, 4.69) is 33.1 Å². The number of alkyl halides is 3. The molecule has 2 aliphatic rings. The standard InChI is InChI=1S/C26H29F3N4O/c27-26(28,29)22-4-1-19(2-5-22)18-31-13-15-32(16-14-31)25(34)21-3-6-24-20(17-21)9-12-33(24)23-7-10-30-11-8-23/h1-6,9,12,17,23,30H,7-8,10-11,13-16,18H2. The molecule has 1 amide bonds. The number of aromatic nitrogens is 1. The summed E-state index contributed by atoms with van der Waals surface area (Å²) >= 11 is 0. The summed E-state index contributed by atoms with van der Waals surface area (Å²) in [6, 6.07) is 13.9. The zero-order valence-electron chi connectivity index (χ0n) is 19.0. The Morgan fingerprint density at radius 1 is 0.941 bits per heavy atom. The molecular formula is C26H29F3N4O. The topological polar surface area (TPSA) is 40.5 Å². The zero-order valence-corrected chi connectivity index (χ0v) is 19.0. The summed E-state index contributed by atoms with van der Waals surface area (Å²) in [5, 5.41) is 4.49. The van der Waals surface area contributed by atoms with Crippen LogP contribution in [0.4, 0.5) is 13.2 Å². The smallest absolute Gasteiger partial charge is 0.344 e. The first-order valence-corrected chi connectivity index (χ1v) is 11.9. The summed E-state index contributed by atoms with van der Waals surface area (Å²) in [5.41, 5.74) is 2.09. The maximum atomic E-state index is 13.1. The number of piperazine rings is 1. The molecule has 5 rings (SSSR count). The Hall–Kier alpha value is -2.84. The fourth-order valence-corrected chi connectivity index (χ4v) is 5.05. The van der Waals surface area contributed by atoms with E-state index in [1.54, 1.807) is 0 Å². The highest BCUT2D eigenvalue weighted by Gasteiger charge is 2.30. The van der Waals surface area contributed by atoms with E-state index in [4.69, 9.17) is 0 Å². The summed E-state index contributed by atoms with van der Waals surface area (Å²) in [7, 11) is 0. The van der Waals surface area contributed by atoms with Gasteiger partial charge in [0, 0.05) is 61.4 Å². The Bertz CT molecular complexity index is 1140. The van der Waals surface area contributed by atoms with Gasteiger partial charge in [-0.3, -0.25) is 9.69 Å². The summed E-state index contributed by atoms with van der Waals surface area (Å²) in [6.45, 7) is 5.25. The van der Waals surface area contributed by atoms with Crippen molar-refractivity contribution >= 4 is 16.8 Å². The number of carbonyl (C=O) groups is 1. The molecule has 2 saturated heterocycles. The van der Waals surface area contributed by atoms with Gasteiger partial charge in [-0.2, -0.15) is 13.2 Å². The van der Waals surface area contributed by atoms with E-state index in [0.717, 1.165) is 49.0 Å². The second-order valence-electron chi connectivity index (χ2n) is 9.24. The molecule has 8 heteroatoms. The largest absolute Gasteiger partial charge is 0.416 e. The second-order valence-corrected chi connectivity index (χ2v) is 9.24. The van der Waals surface area contributed by atoms with Crippen LogP contribution in [0.5, 0.6) is 0 Å². The summed E-state index contributed by atoms with van der Waals surface area (Å²) in [5.74, 6) is 0.0331. The molecule has 1 N–H and O–H groups in total. The fourth-order valence-electron chi connectivity index (χ4n) is 5.05. The lowest BCUT2D eigenvalue weighted by Crippen LogP contribution is -2.48. The number of hydrogen-bond acceptors (Lipinski definition) is 3. The maximum absolute atomic E-state index is 13.1. The Morgan fingerprint density at radius 3 is 2.32 bits per heavy atom. The number of hydrogen-bond donors (Lipinski definition) is 1. The van der Waals surface area contributed by atoms with E-state index in [0.29, 0.717) is 44.3 Å². The summed E-state index contributed by atoms with van der Waals surface area (Å²) in [6.07, 6.45) is 0.0425. The lowest BCUT2D eigenvalue weighted by atomic mass is 10.1. The molecule has 0 bridgehead atoms. The quantitative estimate of drug-likeness (QED) is 0.609. The Balaban J connectivity index is 1.19. The normalized spacial score (nSPS) is 18.5. The van der Waals surface area contributed by atoms with Gasteiger partial charge in [-0.25, -0.2) is 0 Å². The van der Waals surface area contributed by atoms with Crippen LogP contribution in [0.3, 0.4) is 0 Å². The molecule has 0 unspecified atom stereocenters. The molecule has 180 valence electrons. The predicted octanol–water partition coefficient (Wildman–Crippen LogP) is 4.54. The lowest BCUT2D eigenvalue weighted by Gasteiger charge is -2.35. The van der Waals surface area contributed by atoms with Gasteiger partial charge < -0.3 is 14.8 Å². The molecule has 34 heavy (non-hydrogen) atoms. The molecule has 0 atom stereocenters. The number of rotatable bonds is 4. The van der Waals surface area contributed by atoms with Crippen molar-refractivity contribution in [2.75, 3.05) is 39.3 Å². The minimum absolute atomic E-state index is 0.0331. The van der Waals surface area contributed by atoms with Gasteiger partial charge in [-0.1, -0.05) is 12.1 Å². The van der Waals surface area contributed by atoms with Gasteiger partial charge >= 0.3 is 6.18 Å². The highest BCUT2D eigenvalue weighted by Crippen LogP contribution is 2.29. The fraction of sp³-hybridized carbons (Fsp3) is 0.423. The van der Waals surface area contributed by atoms with Gasteiger partial charge in [0.25, 0.3) is 5.91 Å². The first kappa shape index (κ1) is 22.9. The van der Waals surface area contributed by atoms with Crippen molar-refractivity contribution in [3.63, 3.8) is 0 Å². The maximum Gasteiger partial charge on any atom is 0.416 e. The van der Waals surface area contributed by atoms with E-state index in [1.807, 2.05) is 17.0 Å². The number of nitrogens with zero attached hydrogens (tertiary/aromatic N) is 3. The van der Waals surface area contributed by atoms with Crippen molar-refractivity contribution in [1.82, 2.24) is 19.7 Å². The van der Waals surface area contributed by atoms with Gasteiger partial charge in [0.15, 0.2) is 0 Å². The number of amides is 1. The molecule has 0 aliphatic carbocycles. The summed E-state index contributed by atoms with van der Waals surface area (Å²) in [4.78, 5) is 17.2. The van der Waals surface area contributed by atoms with Crippen LogP contribution in [0.1, 0.15) is 40.4 Å². The molecule has 0 spiro atoms. The number of fused-ring (bicyclic) bond motifs is 1. The van der Waals surface area contributed by atoms with Crippen LogP contribution in [0, 0.1) is 0 Å². The van der Waals surface area contributed by atoms with E-state index >= 15 is 0 Å². The number of nitrogens with one attached hydrogen (secondary N) is 1. The van der Waals surface area contributed by atoms with Crippen LogP contribution in [0.15, 0.2) is 54.7 Å². The first-order chi connectivity index (χ1) is 16.4. The van der Waals surface area contributed by atoms with Gasteiger partial charge in [0.1, 0.15) is 0 Å². The van der Waals surface area contributed by atoms with Crippen molar-refractivity contribution < 1.29 is 18.0 Å². The van der Waals surface area contributed by atoms with Crippen molar-refractivity contribution in [3.05, 3.63) is 71.4 Å². The molecule has 1 aromatic heterocycles. The molecule has 0 radical (unpaired) electrons. The SMILES string of the molecule is O=C(c1ccc2c(ccn2C2CCNCC2)c1)N1CCN(Cc2ccc(C(F)(F)F)cc2)CC1. The zero-order chi connectivity index (χ0) is 23.7. The van der Waals surface area contributed by atoms with Gasteiger partial charge in [0.2, 0.25) is 0 Å². The van der Waals surface area contributed by atoms with Crippen LogP contribution in [0.2, 0.25) is 0 Å². The second kappa shape index (κ2) is 9.43. The highest BCUT2D eigenvalue weighted by atomic mass is 19.4. The molecule has 2 fully saturated rings. The molecule has 3 aromatic rings. The van der Waals surface area contributed by atoms with E-state index in [-0.39, 0.29) is 5.91 Å². The van der Waals surface area contributed by atoms with E-state index < -0.39 is 11.7 Å². The van der Waals surface area contributed by atoms with Crippen molar-refractivity contribution in [2.24, 2.45) is 0 Å². The number of piperidine rings is 1. The predicted molar refractivity (Wildman–Crippen MR) is 126 cm³/mol. The lowest BCUT2D eigenvalue weighted by molar-refractivity contribution is -0.137. The van der Waals surface area contributed by atoms with Crippen LogP contribution in [-0.2, 0) is 12.7 Å². The minimum atomic E-state index is -4.32. The minimum Gasteiger partial charge on any atom is -0.344 e. The highest BCUT2D eigenvalue weighted by molar-refractivity contribution is 5.98. The Morgan fingerprint density at radius 2 is 1.65 bits per heavy atom. The summed E-state index contributed by atoms with van der Waals surface area (Å²) < 4.78 is 40.6. The van der Waals surface area contributed by atoms with Gasteiger partial charge in [-0.05, 0) is 67.9 Å². The monoisotopic (exact) mass is 470 g/mol. The Kier molecular flexibility index (Phi) is 6.36.